The highest BCUT2D eigenvalue weighted by Crippen LogP contribution is 2.29. The number of aromatic nitrogens is 3. The lowest BCUT2D eigenvalue weighted by molar-refractivity contribution is -0.107. The summed E-state index contributed by atoms with van der Waals surface area (Å²) in [5.74, 6) is -2.98. The van der Waals surface area contributed by atoms with Crippen LogP contribution < -0.4 is 5.32 Å². The second-order valence-corrected chi connectivity index (χ2v) is 6.86. The van der Waals surface area contributed by atoms with Gasteiger partial charge in [-0.15, -0.1) is 0 Å². The predicted octanol–water partition coefficient (Wildman–Crippen LogP) is 3.78. The summed E-state index contributed by atoms with van der Waals surface area (Å²) in [5, 5.41) is 2.49. The number of rotatable bonds is 2. The Morgan fingerprint density at radius 1 is 1.27 bits per heavy atom. The van der Waals surface area contributed by atoms with Gasteiger partial charge in [0.05, 0.1) is 23.3 Å². The number of anilines is 1. The lowest BCUT2D eigenvalue weighted by atomic mass is 10.1. The number of benzene rings is 1. The Hall–Kier alpha value is -2.62. The Morgan fingerprint density at radius 3 is 2.77 bits per heavy atom. The standard InChI is InChI=1S/C16H11BrF3N5O/c17-9-4-21-14-23-13(6-24(14)5-9)11-3-10(1-2-12(11)18)22-15(26)25-7-16(19,20)8-25/h1-6H,7-8H2,(H,22,26). The van der Waals surface area contributed by atoms with Crippen molar-refractivity contribution in [2.45, 2.75) is 5.92 Å². The maximum absolute atomic E-state index is 14.2. The number of hydrogen-bond acceptors (Lipinski definition) is 3. The third kappa shape index (κ3) is 3.12. The first-order valence-electron chi connectivity index (χ1n) is 7.55. The largest absolute Gasteiger partial charge is 0.322 e. The first-order valence-corrected chi connectivity index (χ1v) is 8.34. The molecule has 1 saturated heterocycles. The molecular formula is C16H11BrF3N5O. The van der Waals surface area contributed by atoms with E-state index in [1.54, 1.807) is 23.0 Å². The maximum Gasteiger partial charge on any atom is 0.322 e. The van der Waals surface area contributed by atoms with Gasteiger partial charge < -0.3 is 10.2 Å². The van der Waals surface area contributed by atoms with Crippen molar-refractivity contribution in [3.63, 3.8) is 0 Å². The number of likely N-dealkylation sites (tertiary alicyclic amines) is 1. The minimum Gasteiger partial charge on any atom is -0.312 e. The van der Waals surface area contributed by atoms with E-state index in [0.717, 1.165) is 9.37 Å². The van der Waals surface area contributed by atoms with E-state index in [4.69, 9.17) is 0 Å². The number of urea groups is 1. The molecular weight excluding hydrogens is 415 g/mol. The zero-order chi connectivity index (χ0) is 18.5. The van der Waals surface area contributed by atoms with E-state index < -0.39 is 30.9 Å². The molecule has 0 spiro atoms. The van der Waals surface area contributed by atoms with Crippen molar-refractivity contribution in [1.29, 1.82) is 0 Å². The molecule has 6 nitrogen and oxygen atoms in total. The lowest BCUT2D eigenvalue weighted by Gasteiger charge is -2.38. The van der Waals surface area contributed by atoms with E-state index in [2.05, 4.69) is 31.2 Å². The molecule has 1 aliphatic heterocycles. The SMILES string of the molecule is O=C(Nc1ccc(F)c(-c2cn3cc(Br)cnc3n2)c1)N1CC(F)(F)C1. The first kappa shape index (κ1) is 16.8. The fourth-order valence-corrected chi connectivity index (χ4v) is 2.97. The van der Waals surface area contributed by atoms with Gasteiger partial charge in [0.1, 0.15) is 5.82 Å². The lowest BCUT2D eigenvalue weighted by Crippen LogP contribution is -2.59. The number of imidazole rings is 1. The van der Waals surface area contributed by atoms with Crippen LogP contribution in [-0.2, 0) is 0 Å². The average molecular weight is 426 g/mol. The van der Waals surface area contributed by atoms with Crippen LogP contribution in [0.4, 0.5) is 23.7 Å². The van der Waals surface area contributed by atoms with Gasteiger partial charge in [-0.1, -0.05) is 0 Å². The molecule has 3 heterocycles. The smallest absolute Gasteiger partial charge is 0.312 e. The first-order chi connectivity index (χ1) is 12.3. The molecule has 0 aliphatic carbocycles. The van der Waals surface area contributed by atoms with Gasteiger partial charge in [-0.05, 0) is 34.1 Å². The Morgan fingerprint density at radius 2 is 2.04 bits per heavy atom. The summed E-state index contributed by atoms with van der Waals surface area (Å²) in [7, 11) is 0. The van der Waals surface area contributed by atoms with Crippen molar-refractivity contribution in [2.24, 2.45) is 0 Å². The fraction of sp³-hybridized carbons (Fsp3) is 0.188. The van der Waals surface area contributed by atoms with Crippen LogP contribution in [0, 0.1) is 5.82 Å². The van der Waals surface area contributed by atoms with Gasteiger partial charge in [0.15, 0.2) is 0 Å². The van der Waals surface area contributed by atoms with Crippen molar-refractivity contribution in [3.05, 3.63) is 47.1 Å². The zero-order valence-corrected chi connectivity index (χ0v) is 14.7. The molecule has 0 saturated carbocycles. The number of hydrogen-bond donors (Lipinski definition) is 1. The number of carbonyl (C=O) groups is 1. The number of fused-ring (bicyclic) bond motifs is 1. The van der Waals surface area contributed by atoms with Crippen LogP contribution in [-0.4, -0.2) is 44.3 Å². The molecule has 26 heavy (non-hydrogen) atoms. The molecule has 0 bridgehead atoms. The molecule has 1 aromatic carbocycles. The summed E-state index contributed by atoms with van der Waals surface area (Å²) < 4.78 is 42.3. The molecule has 1 N–H and O–H groups in total. The van der Waals surface area contributed by atoms with Crippen molar-refractivity contribution < 1.29 is 18.0 Å². The maximum atomic E-state index is 14.2. The molecule has 1 fully saturated rings. The van der Waals surface area contributed by atoms with Crippen LogP contribution >= 0.6 is 15.9 Å². The van der Waals surface area contributed by atoms with Crippen LogP contribution in [0.1, 0.15) is 0 Å². The van der Waals surface area contributed by atoms with Gasteiger partial charge in [-0.2, -0.15) is 0 Å². The Kier molecular flexibility index (Phi) is 3.87. The number of amides is 2. The van der Waals surface area contributed by atoms with Crippen LogP contribution in [0.15, 0.2) is 41.3 Å². The molecule has 2 amide bonds. The van der Waals surface area contributed by atoms with E-state index in [1.807, 2.05) is 0 Å². The summed E-state index contributed by atoms with van der Waals surface area (Å²) >= 11 is 3.29. The second-order valence-electron chi connectivity index (χ2n) is 5.94. The van der Waals surface area contributed by atoms with E-state index >= 15 is 0 Å². The average Bonchev–Trinajstić information content (AvgIpc) is 2.97. The molecule has 0 unspecified atom stereocenters. The fourth-order valence-electron chi connectivity index (χ4n) is 2.65. The Bertz CT molecular complexity index is 1010. The molecule has 3 aromatic rings. The number of nitrogens with zero attached hydrogens (tertiary/aromatic N) is 4. The van der Waals surface area contributed by atoms with E-state index in [1.165, 1.54) is 18.2 Å². The third-order valence-electron chi connectivity index (χ3n) is 3.90. The molecule has 0 atom stereocenters. The minimum absolute atomic E-state index is 0.165. The highest BCUT2D eigenvalue weighted by molar-refractivity contribution is 9.10. The van der Waals surface area contributed by atoms with E-state index in [0.29, 0.717) is 11.5 Å². The van der Waals surface area contributed by atoms with E-state index in [9.17, 15) is 18.0 Å². The normalized spacial score (nSPS) is 15.8. The molecule has 1 aliphatic rings. The zero-order valence-electron chi connectivity index (χ0n) is 13.1. The van der Waals surface area contributed by atoms with Gasteiger partial charge in [0.25, 0.3) is 5.92 Å². The molecule has 0 radical (unpaired) electrons. The van der Waals surface area contributed by atoms with Gasteiger partial charge in [0, 0.05) is 29.8 Å². The highest BCUT2D eigenvalue weighted by atomic mass is 79.9. The number of carbonyl (C=O) groups excluding carboxylic acids is 1. The Balaban J connectivity index is 1.60. The summed E-state index contributed by atoms with van der Waals surface area (Å²) in [6, 6.07) is 3.29. The summed E-state index contributed by atoms with van der Waals surface area (Å²) in [5.41, 5.74) is 0.783. The van der Waals surface area contributed by atoms with Gasteiger partial charge in [-0.25, -0.2) is 27.9 Å². The van der Waals surface area contributed by atoms with Crippen LogP contribution in [0.5, 0.6) is 0 Å². The molecule has 134 valence electrons. The van der Waals surface area contributed by atoms with E-state index in [-0.39, 0.29) is 11.3 Å². The van der Waals surface area contributed by atoms with Gasteiger partial charge >= 0.3 is 6.03 Å². The number of halogens is 4. The van der Waals surface area contributed by atoms with Crippen LogP contribution in [0.3, 0.4) is 0 Å². The molecule has 10 heteroatoms. The monoisotopic (exact) mass is 425 g/mol. The molecule has 2 aromatic heterocycles. The third-order valence-corrected chi connectivity index (χ3v) is 4.31. The summed E-state index contributed by atoms with van der Waals surface area (Å²) in [4.78, 5) is 21.3. The molecule has 4 rings (SSSR count). The topological polar surface area (TPSA) is 62.5 Å². The van der Waals surface area contributed by atoms with Crippen molar-refractivity contribution in [1.82, 2.24) is 19.3 Å². The van der Waals surface area contributed by atoms with Gasteiger partial charge in [-0.3, -0.25) is 4.40 Å². The minimum atomic E-state index is -2.84. The van der Waals surface area contributed by atoms with Crippen LogP contribution in [0.25, 0.3) is 17.0 Å². The second kappa shape index (κ2) is 5.97. The quantitative estimate of drug-likeness (QED) is 0.679. The Labute approximate surface area is 153 Å². The van der Waals surface area contributed by atoms with Crippen molar-refractivity contribution in [2.75, 3.05) is 18.4 Å². The van der Waals surface area contributed by atoms with Crippen molar-refractivity contribution >= 4 is 33.4 Å². The predicted molar refractivity (Wildman–Crippen MR) is 91.6 cm³/mol. The van der Waals surface area contributed by atoms with Crippen LogP contribution in [0.2, 0.25) is 0 Å². The summed E-state index contributed by atoms with van der Waals surface area (Å²) in [6.07, 6.45) is 4.90. The van der Waals surface area contributed by atoms with Crippen molar-refractivity contribution in [3.8, 4) is 11.3 Å². The number of nitrogens with one attached hydrogen (secondary N) is 1. The number of alkyl halides is 2. The highest BCUT2D eigenvalue weighted by Gasteiger charge is 2.46. The van der Waals surface area contributed by atoms with Gasteiger partial charge in [0.2, 0.25) is 5.78 Å². The summed E-state index contributed by atoms with van der Waals surface area (Å²) in [6.45, 7) is -1.25.